The van der Waals surface area contributed by atoms with E-state index >= 15 is 0 Å². The Hall–Kier alpha value is -2.96. The summed E-state index contributed by atoms with van der Waals surface area (Å²) in [7, 11) is 0. The molecule has 0 bridgehead atoms. The second-order valence-corrected chi connectivity index (χ2v) is 6.16. The van der Waals surface area contributed by atoms with Crippen molar-refractivity contribution < 1.29 is 27.8 Å². The summed E-state index contributed by atoms with van der Waals surface area (Å²) in [6.45, 7) is 3.85. The first-order chi connectivity index (χ1) is 12.2. The lowest BCUT2D eigenvalue weighted by atomic mass is 10.0. The van der Waals surface area contributed by atoms with Crippen LogP contribution in [0.3, 0.4) is 0 Å². The molecule has 0 saturated carbocycles. The molecule has 7 heteroatoms. The Labute approximate surface area is 147 Å². The van der Waals surface area contributed by atoms with Gasteiger partial charge in [0.15, 0.2) is 0 Å². The molecule has 0 aliphatic carbocycles. The van der Waals surface area contributed by atoms with Crippen LogP contribution in [0.25, 0.3) is 22.0 Å². The van der Waals surface area contributed by atoms with Crippen LogP contribution in [-0.4, -0.2) is 22.0 Å². The van der Waals surface area contributed by atoms with Crippen molar-refractivity contribution in [3.05, 3.63) is 54.2 Å². The molecule has 0 aliphatic heterocycles. The number of carboxylic acid groups (broad SMARTS) is 1. The van der Waals surface area contributed by atoms with Crippen LogP contribution >= 0.6 is 0 Å². The maximum absolute atomic E-state index is 12.4. The molecule has 0 spiro atoms. The molecule has 1 aromatic heterocycles. The number of halogens is 3. The van der Waals surface area contributed by atoms with Gasteiger partial charge in [-0.25, -0.2) is 4.79 Å². The van der Waals surface area contributed by atoms with Crippen molar-refractivity contribution in [1.29, 1.82) is 0 Å². The number of aromatic carboxylic acids is 1. The number of carbonyl (C=O) groups is 1. The molecule has 1 N–H and O–H groups in total. The van der Waals surface area contributed by atoms with Crippen LogP contribution in [0.15, 0.2) is 48.7 Å². The fourth-order valence-corrected chi connectivity index (χ4v) is 2.90. The van der Waals surface area contributed by atoms with E-state index in [0.29, 0.717) is 22.0 Å². The Balaban J connectivity index is 2.11. The molecule has 1 heterocycles. The molecule has 0 radical (unpaired) electrons. The Kier molecular flexibility index (Phi) is 4.39. The molecule has 0 aliphatic rings. The summed E-state index contributed by atoms with van der Waals surface area (Å²) in [5.41, 5.74) is 2.11. The van der Waals surface area contributed by atoms with Crippen molar-refractivity contribution in [3.8, 4) is 16.9 Å². The van der Waals surface area contributed by atoms with Crippen LogP contribution in [0.5, 0.6) is 5.75 Å². The first-order valence-corrected chi connectivity index (χ1v) is 7.90. The highest BCUT2D eigenvalue weighted by Gasteiger charge is 2.31. The lowest BCUT2D eigenvalue weighted by molar-refractivity contribution is -0.274. The monoisotopic (exact) mass is 363 g/mol. The minimum atomic E-state index is -4.76. The van der Waals surface area contributed by atoms with E-state index in [1.165, 1.54) is 18.2 Å². The van der Waals surface area contributed by atoms with Crippen LogP contribution < -0.4 is 4.74 Å². The van der Waals surface area contributed by atoms with E-state index < -0.39 is 12.3 Å². The van der Waals surface area contributed by atoms with Crippen molar-refractivity contribution in [3.63, 3.8) is 0 Å². The van der Waals surface area contributed by atoms with Gasteiger partial charge in [-0.3, -0.25) is 0 Å². The highest BCUT2D eigenvalue weighted by molar-refractivity contribution is 6.04. The fraction of sp³-hybridized carbons (Fsp3) is 0.211. The van der Waals surface area contributed by atoms with Crippen LogP contribution in [0, 0.1) is 0 Å². The molecule has 0 atom stereocenters. The minimum Gasteiger partial charge on any atom is -0.478 e. The zero-order valence-electron chi connectivity index (χ0n) is 14.0. The average molecular weight is 363 g/mol. The number of rotatable bonds is 4. The molecule has 2 aromatic carbocycles. The van der Waals surface area contributed by atoms with Crippen LogP contribution in [0.4, 0.5) is 13.2 Å². The molecule has 3 rings (SSSR count). The quantitative estimate of drug-likeness (QED) is 0.667. The maximum atomic E-state index is 12.4. The largest absolute Gasteiger partial charge is 0.573 e. The van der Waals surface area contributed by atoms with Crippen LogP contribution in [0.2, 0.25) is 0 Å². The third-order valence-corrected chi connectivity index (χ3v) is 4.02. The molecule has 0 fully saturated rings. The zero-order chi connectivity index (χ0) is 19.1. The number of aromatic nitrogens is 1. The zero-order valence-corrected chi connectivity index (χ0v) is 14.0. The SMILES string of the molecule is CC(C)n1cc(C(=O)O)c2ccc(-c3cccc(OC(F)(F)F)c3)cc21. The van der Waals surface area contributed by atoms with E-state index in [9.17, 15) is 23.1 Å². The third kappa shape index (κ3) is 3.51. The minimum absolute atomic E-state index is 0.0285. The van der Waals surface area contributed by atoms with Crippen molar-refractivity contribution in [2.45, 2.75) is 26.3 Å². The van der Waals surface area contributed by atoms with Gasteiger partial charge in [-0.05, 0) is 43.2 Å². The van der Waals surface area contributed by atoms with Crippen molar-refractivity contribution >= 4 is 16.9 Å². The van der Waals surface area contributed by atoms with Gasteiger partial charge in [-0.15, -0.1) is 13.2 Å². The lowest BCUT2D eigenvalue weighted by Gasteiger charge is -2.12. The predicted octanol–water partition coefficient (Wildman–Crippen LogP) is 5.49. The van der Waals surface area contributed by atoms with E-state index in [1.54, 1.807) is 30.5 Å². The van der Waals surface area contributed by atoms with Gasteiger partial charge < -0.3 is 14.4 Å². The first kappa shape index (κ1) is 17.8. The molecular formula is C19H16F3NO3. The topological polar surface area (TPSA) is 51.5 Å². The second kappa shape index (κ2) is 6.40. The van der Waals surface area contributed by atoms with E-state index in [4.69, 9.17) is 0 Å². The van der Waals surface area contributed by atoms with Crippen LogP contribution in [0.1, 0.15) is 30.2 Å². The fourth-order valence-electron chi connectivity index (χ4n) is 2.90. The van der Waals surface area contributed by atoms with Crippen LogP contribution in [-0.2, 0) is 0 Å². The lowest BCUT2D eigenvalue weighted by Crippen LogP contribution is -2.17. The highest BCUT2D eigenvalue weighted by atomic mass is 19.4. The van der Waals surface area contributed by atoms with Gasteiger partial charge in [0, 0.05) is 23.1 Å². The molecule has 136 valence electrons. The summed E-state index contributed by atoms with van der Waals surface area (Å²) >= 11 is 0. The van der Waals surface area contributed by atoms with E-state index in [2.05, 4.69) is 4.74 Å². The van der Waals surface area contributed by atoms with Crippen molar-refractivity contribution in [1.82, 2.24) is 4.57 Å². The number of hydrogen-bond acceptors (Lipinski definition) is 2. The van der Waals surface area contributed by atoms with Gasteiger partial charge in [-0.2, -0.15) is 0 Å². The van der Waals surface area contributed by atoms with E-state index in [1.807, 2.05) is 18.4 Å². The molecule has 0 amide bonds. The summed E-state index contributed by atoms with van der Waals surface area (Å²) in [6.07, 6.45) is -3.18. The Morgan fingerprint density at radius 1 is 1.12 bits per heavy atom. The molecular weight excluding hydrogens is 347 g/mol. The van der Waals surface area contributed by atoms with Crippen molar-refractivity contribution in [2.24, 2.45) is 0 Å². The number of fused-ring (bicyclic) bond motifs is 1. The predicted molar refractivity (Wildman–Crippen MR) is 91.4 cm³/mol. The van der Waals surface area contributed by atoms with Gasteiger partial charge in [0.05, 0.1) is 5.56 Å². The summed E-state index contributed by atoms with van der Waals surface area (Å²) < 4.78 is 43.1. The molecule has 0 saturated heterocycles. The second-order valence-electron chi connectivity index (χ2n) is 6.16. The Morgan fingerprint density at radius 3 is 2.42 bits per heavy atom. The molecule has 4 nitrogen and oxygen atoms in total. The third-order valence-electron chi connectivity index (χ3n) is 4.02. The standard InChI is InChI=1S/C19H16F3NO3/c1-11(2)23-10-16(18(24)25)15-7-6-13(9-17(15)23)12-4-3-5-14(8-12)26-19(20,21)22/h3-11H,1-2H3,(H,24,25). The number of carboxylic acids is 1. The number of alkyl halides is 3. The summed E-state index contributed by atoms with van der Waals surface area (Å²) in [4.78, 5) is 11.4. The Morgan fingerprint density at radius 2 is 1.81 bits per heavy atom. The Bertz CT molecular complexity index is 974. The maximum Gasteiger partial charge on any atom is 0.573 e. The van der Waals surface area contributed by atoms with Gasteiger partial charge in [0.2, 0.25) is 0 Å². The average Bonchev–Trinajstić information content (AvgIpc) is 2.92. The summed E-state index contributed by atoms with van der Waals surface area (Å²) in [5.74, 6) is -1.33. The van der Waals surface area contributed by atoms with Gasteiger partial charge in [0.25, 0.3) is 0 Å². The molecule has 3 aromatic rings. The van der Waals surface area contributed by atoms with Gasteiger partial charge in [-0.1, -0.05) is 24.3 Å². The molecule has 0 unspecified atom stereocenters. The number of nitrogens with zero attached hydrogens (tertiary/aromatic N) is 1. The van der Waals surface area contributed by atoms with E-state index in [0.717, 1.165) is 0 Å². The van der Waals surface area contributed by atoms with E-state index in [-0.39, 0.29) is 17.4 Å². The van der Waals surface area contributed by atoms with Gasteiger partial charge in [0.1, 0.15) is 5.75 Å². The smallest absolute Gasteiger partial charge is 0.478 e. The normalized spacial score (nSPS) is 11.9. The number of benzene rings is 2. The van der Waals surface area contributed by atoms with Gasteiger partial charge >= 0.3 is 12.3 Å². The van der Waals surface area contributed by atoms with Crippen molar-refractivity contribution in [2.75, 3.05) is 0 Å². The molecule has 26 heavy (non-hydrogen) atoms. The summed E-state index contributed by atoms with van der Waals surface area (Å²) in [6, 6.07) is 10.8. The first-order valence-electron chi connectivity index (χ1n) is 7.90. The number of ether oxygens (including phenoxy) is 1. The highest BCUT2D eigenvalue weighted by Crippen LogP contribution is 2.32. The number of hydrogen-bond donors (Lipinski definition) is 1. The summed E-state index contributed by atoms with van der Waals surface area (Å²) in [5, 5.41) is 9.95.